The van der Waals surface area contributed by atoms with Crippen LogP contribution in [0.1, 0.15) is 39.0 Å². The Hall–Kier alpha value is -0.260. The van der Waals surface area contributed by atoms with Crippen molar-refractivity contribution in [3.05, 3.63) is 19.1 Å². The highest BCUT2D eigenvalue weighted by Gasteiger charge is 2.28. The Balaban J connectivity index is 2.05. The van der Waals surface area contributed by atoms with Crippen molar-refractivity contribution in [2.75, 3.05) is 0 Å². The van der Waals surface area contributed by atoms with Crippen molar-refractivity contribution in [1.82, 2.24) is 0 Å². The lowest BCUT2D eigenvalue weighted by Crippen LogP contribution is -1.98. The third kappa shape index (κ3) is 3.09. The van der Waals surface area contributed by atoms with Crippen LogP contribution in [0.3, 0.4) is 0 Å². The molecule has 63 valence electrons. The van der Waals surface area contributed by atoms with Gasteiger partial charge in [0.1, 0.15) is 0 Å². The average molecular weight is 151 g/mol. The molecule has 0 heterocycles. The molecule has 0 nitrogen and oxygen atoms in total. The summed E-state index contributed by atoms with van der Waals surface area (Å²) in [6.45, 7) is 6.14. The molecule has 1 aliphatic rings. The maximum Gasteiger partial charge on any atom is -0.0205 e. The minimum atomic E-state index is 0.793. The van der Waals surface area contributed by atoms with Crippen molar-refractivity contribution in [2.24, 2.45) is 11.8 Å². The zero-order valence-corrected chi connectivity index (χ0v) is 7.55. The van der Waals surface area contributed by atoms with Crippen LogP contribution in [0.25, 0.3) is 0 Å². The van der Waals surface area contributed by atoms with Crippen molar-refractivity contribution in [3.63, 3.8) is 0 Å². The van der Waals surface area contributed by atoms with Crippen molar-refractivity contribution in [2.45, 2.75) is 39.0 Å². The Morgan fingerprint density at radius 3 is 2.82 bits per heavy atom. The van der Waals surface area contributed by atoms with Crippen molar-refractivity contribution >= 4 is 0 Å². The van der Waals surface area contributed by atoms with Gasteiger partial charge in [0.2, 0.25) is 0 Å². The largest absolute Gasteiger partial charge is 0.103 e. The van der Waals surface area contributed by atoms with Crippen LogP contribution < -0.4 is 0 Å². The molecule has 0 saturated heterocycles. The Labute approximate surface area is 70.7 Å². The van der Waals surface area contributed by atoms with Crippen LogP contribution >= 0.6 is 0 Å². The van der Waals surface area contributed by atoms with Gasteiger partial charge in [-0.2, -0.15) is 0 Å². The van der Waals surface area contributed by atoms with E-state index >= 15 is 0 Å². The molecule has 0 N–H and O–H groups in total. The van der Waals surface area contributed by atoms with Crippen molar-refractivity contribution < 1.29 is 0 Å². The standard InChI is InChI=1S/C11H19/c1-3-5-6-7-10(4-2)11-8-9-11/h4,8,10-11H,2-3,5-7,9H2,1H3. The lowest BCUT2D eigenvalue weighted by molar-refractivity contribution is 0.500. The van der Waals surface area contributed by atoms with Gasteiger partial charge in [0.15, 0.2) is 0 Å². The Bertz CT molecular complexity index is 111. The predicted molar refractivity (Wildman–Crippen MR) is 50.2 cm³/mol. The van der Waals surface area contributed by atoms with E-state index in [-0.39, 0.29) is 0 Å². The molecule has 2 atom stereocenters. The summed E-state index contributed by atoms with van der Waals surface area (Å²) in [6.07, 6.45) is 11.3. The fraction of sp³-hybridized carbons (Fsp3) is 0.727. The van der Waals surface area contributed by atoms with Gasteiger partial charge in [0.05, 0.1) is 0 Å². The van der Waals surface area contributed by atoms with Gasteiger partial charge in [-0.15, -0.1) is 6.58 Å². The molecule has 0 aliphatic heterocycles. The summed E-state index contributed by atoms with van der Waals surface area (Å²) in [5, 5.41) is 0. The fourth-order valence-corrected chi connectivity index (χ4v) is 1.56. The van der Waals surface area contributed by atoms with Gasteiger partial charge in [-0.3, -0.25) is 0 Å². The van der Waals surface area contributed by atoms with Gasteiger partial charge < -0.3 is 0 Å². The Kier molecular flexibility index (Phi) is 3.68. The molecule has 0 aromatic carbocycles. The topological polar surface area (TPSA) is 0 Å². The lowest BCUT2D eigenvalue weighted by atomic mass is 9.97. The molecule has 2 unspecified atom stereocenters. The number of hydrogen-bond acceptors (Lipinski definition) is 0. The van der Waals surface area contributed by atoms with Crippen LogP contribution in [0, 0.1) is 18.3 Å². The first kappa shape index (κ1) is 8.83. The monoisotopic (exact) mass is 151 g/mol. The summed E-state index contributed by atoms with van der Waals surface area (Å²) in [5.41, 5.74) is 0. The zero-order valence-electron chi connectivity index (χ0n) is 7.55. The molecular formula is C11H19. The first-order chi connectivity index (χ1) is 5.38. The van der Waals surface area contributed by atoms with E-state index in [4.69, 9.17) is 0 Å². The highest BCUT2D eigenvalue weighted by Crippen LogP contribution is 2.38. The van der Waals surface area contributed by atoms with E-state index < -0.39 is 0 Å². The summed E-state index contributed by atoms with van der Waals surface area (Å²) in [7, 11) is 0. The van der Waals surface area contributed by atoms with Crippen LogP contribution in [0.5, 0.6) is 0 Å². The molecule has 11 heavy (non-hydrogen) atoms. The molecular weight excluding hydrogens is 132 g/mol. The van der Waals surface area contributed by atoms with Gasteiger partial charge in [-0.05, 0) is 31.1 Å². The molecule has 1 aliphatic carbocycles. The van der Waals surface area contributed by atoms with Crippen molar-refractivity contribution in [3.8, 4) is 0 Å². The maximum absolute atomic E-state index is 3.88. The molecule has 0 heteroatoms. The van der Waals surface area contributed by atoms with E-state index in [1.165, 1.54) is 32.1 Å². The summed E-state index contributed by atoms with van der Waals surface area (Å²) in [4.78, 5) is 0. The number of unbranched alkanes of at least 4 members (excludes halogenated alkanes) is 2. The van der Waals surface area contributed by atoms with Crippen LogP contribution in [-0.2, 0) is 0 Å². The van der Waals surface area contributed by atoms with Gasteiger partial charge in [0, 0.05) is 0 Å². The number of rotatable bonds is 6. The minimum Gasteiger partial charge on any atom is -0.103 e. The van der Waals surface area contributed by atoms with Gasteiger partial charge in [-0.25, -0.2) is 0 Å². The third-order valence-corrected chi connectivity index (χ3v) is 2.50. The normalized spacial score (nSPS) is 19.7. The second-order valence-electron chi connectivity index (χ2n) is 3.53. The zero-order chi connectivity index (χ0) is 8.10. The summed E-state index contributed by atoms with van der Waals surface area (Å²) >= 11 is 0. The SMILES string of the molecule is C=CC(CCCCC)C1[CH]C1. The molecule has 0 aromatic heterocycles. The molecule has 1 fully saturated rings. The van der Waals surface area contributed by atoms with E-state index in [2.05, 4.69) is 26.0 Å². The second kappa shape index (κ2) is 4.58. The van der Waals surface area contributed by atoms with Gasteiger partial charge >= 0.3 is 0 Å². The van der Waals surface area contributed by atoms with E-state index in [1.54, 1.807) is 0 Å². The quantitative estimate of drug-likeness (QED) is 0.402. The summed E-state index contributed by atoms with van der Waals surface area (Å²) < 4.78 is 0. The van der Waals surface area contributed by atoms with Gasteiger partial charge in [-0.1, -0.05) is 32.3 Å². The molecule has 1 saturated carbocycles. The van der Waals surface area contributed by atoms with Crippen LogP contribution in [0.4, 0.5) is 0 Å². The summed E-state index contributed by atoms with van der Waals surface area (Å²) in [6, 6.07) is 0. The van der Waals surface area contributed by atoms with Crippen LogP contribution in [-0.4, -0.2) is 0 Å². The minimum absolute atomic E-state index is 0.793. The third-order valence-electron chi connectivity index (χ3n) is 2.50. The predicted octanol–water partition coefficient (Wildman–Crippen LogP) is 3.59. The summed E-state index contributed by atoms with van der Waals surface area (Å²) in [5.74, 6) is 1.69. The molecule has 0 amide bonds. The first-order valence-electron chi connectivity index (χ1n) is 4.84. The van der Waals surface area contributed by atoms with Crippen molar-refractivity contribution in [1.29, 1.82) is 0 Å². The van der Waals surface area contributed by atoms with E-state index in [1.807, 2.05) is 0 Å². The Morgan fingerprint density at radius 1 is 1.64 bits per heavy atom. The maximum atomic E-state index is 3.88. The van der Waals surface area contributed by atoms with Crippen LogP contribution in [0.2, 0.25) is 0 Å². The molecule has 0 spiro atoms. The highest BCUT2D eigenvalue weighted by molar-refractivity contribution is 5.03. The first-order valence-corrected chi connectivity index (χ1v) is 4.84. The molecule has 0 aromatic rings. The smallest absolute Gasteiger partial charge is 0.0205 e. The average Bonchev–Trinajstić information content (AvgIpc) is 2.81. The molecule has 0 bridgehead atoms. The van der Waals surface area contributed by atoms with E-state index in [9.17, 15) is 0 Å². The lowest BCUT2D eigenvalue weighted by Gasteiger charge is -2.09. The van der Waals surface area contributed by atoms with Gasteiger partial charge in [0.25, 0.3) is 0 Å². The fourth-order valence-electron chi connectivity index (χ4n) is 1.56. The van der Waals surface area contributed by atoms with E-state index in [0.29, 0.717) is 0 Å². The highest BCUT2D eigenvalue weighted by atomic mass is 14.3. The number of allylic oxidation sites excluding steroid dienone is 1. The Morgan fingerprint density at radius 2 is 2.36 bits per heavy atom. The molecule has 1 rings (SSSR count). The number of hydrogen-bond donors (Lipinski definition) is 0. The van der Waals surface area contributed by atoms with Crippen LogP contribution in [0.15, 0.2) is 12.7 Å². The molecule has 1 radical (unpaired) electrons. The van der Waals surface area contributed by atoms with E-state index in [0.717, 1.165) is 11.8 Å². The second-order valence-corrected chi connectivity index (χ2v) is 3.53.